The van der Waals surface area contributed by atoms with Gasteiger partial charge in [0.25, 0.3) is 5.91 Å². The van der Waals surface area contributed by atoms with Gasteiger partial charge in [0.05, 0.1) is 22.3 Å². The highest BCUT2D eigenvalue weighted by Gasteiger charge is 2.25. The highest BCUT2D eigenvalue weighted by molar-refractivity contribution is 7.22. The summed E-state index contributed by atoms with van der Waals surface area (Å²) in [5, 5.41) is 0.673. The van der Waals surface area contributed by atoms with E-state index >= 15 is 0 Å². The van der Waals surface area contributed by atoms with Gasteiger partial charge in [0, 0.05) is 0 Å². The average Bonchev–Trinajstić information content (AvgIpc) is 3.31. The molecule has 1 aromatic heterocycles. The third-order valence-corrected chi connectivity index (χ3v) is 6.87. The molecule has 168 valence electrons. The number of amides is 1. The van der Waals surface area contributed by atoms with Gasteiger partial charge in [-0.15, -0.1) is 0 Å². The van der Waals surface area contributed by atoms with Crippen LogP contribution in [0.4, 0.5) is 5.13 Å². The SMILES string of the molecule is Cc1ccc2sc(N(Cc3ccccc3)C(=O)c3ccccc3Oc3ccccc3)nc2c1C. The van der Waals surface area contributed by atoms with Crippen molar-refractivity contribution in [1.82, 2.24) is 4.98 Å². The minimum absolute atomic E-state index is 0.149. The predicted octanol–water partition coefficient (Wildman–Crippen LogP) is 7.55. The van der Waals surface area contributed by atoms with Gasteiger partial charge in [0.2, 0.25) is 0 Å². The molecule has 5 rings (SSSR count). The molecule has 0 radical (unpaired) electrons. The first-order chi connectivity index (χ1) is 16.6. The zero-order chi connectivity index (χ0) is 23.5. The Morgan fingerprint density at radius 3 is 2.29 bits per heavy atom. The van der Waals surface area contributed by atoms with Crippen LogP contribution < -0.4 is 9.64 Å². The normalized spacial score (nSPS) is 10.9. The number of thiazole rings is 1. The van der Waals surface area contributed by atoms with Crippen LogP contribution in [0.2, 0.25) is 0 Å². The molecule has 0 bridgehead atoms. The lowest BCUT2D eigenvalue weighted by Gasteiger charge is -2.21. The van der Waals surface area contributed by atoms with Gasteiger partial charge in [-0.1, -0.05) is 78.1 Å². The summed E-state index contributed by atoms with van der Waals surface area (Å²) in [4.78, 5) is 20.7. The molecule has 0 saturated heterocycles. The lowest BCUT2D eigenvalue weighted by Crippen LogP contribution is -2.30. The molecule has 0 saturated carbocycles. The summed E-state index contributed by atoms with van der Waals surface area (Å²) in [6, 6.07) is 31.0. The van der Waals surface area contributed by atoms with Crippen LogP contribution >= 0.6 is 11.3 Å². The molecule has 4 aromatic carbocycles. The fourth-order valence-electron chi connectivity index (χ4n) is 3.82. The second-order valence-electron chi connectivity index (χ2n) is 8.14. The summed E-state index contributed by atoms with van der Waals surface area (Å²) in [6.45, 7) is 4.57. The topological polar surface area (TPSA) is 42.4 Å². The quantitative estimate of drug-likeness (QED) is 0.260. The molecule has 0 fully saturated rings. The molecule has 0 N–H and O–H groups in total. The van der Waals surface area contributed by atoms with Crippen LogP contribution in [0, 0.1) is 13.8 Å². The standard InChI is InChI=1S/C29H24N2O2S/c1-20-17-18-26-27(21(20)2)30-29(34-26)31(19-22-11-5-3-6-12-22)28(32)24-15-9-10-16-25(24)33-23-13-7-4-8-14-23/h3-18H,19H2,1-2H3. The van der Waals surface area contributed by atoms with Crippen molar-refractivity contribution in [2.45, 2.75) is 20.4 Å². The third-order valence-electron chi connectivity index (χ3n) is 5.82. The maximum absolute atomic E-state index is 14.0. The zero-order valence-electron chi connectivity index (χ0n) is 19.1. The summed E-state index contributed by atoms with van der Waals surface area (Å²) < 4.78 is 7.16. The number of ether oxygens (including phenoxy) is 1. The van der Waals surface area contributed by atoms with E-state index in [0.29, 0.717) is 28.7 Å². The summed E-state index contributed by atoms with van der Waals surface area (Å²) in [5.41, 5.74) is 4.80. The van der Waals surface area contributed by atoms with Crippen molar-refractivity contribution in [3.63, 3.8) is 0 Å². The number of aryl methyl sites for hydroxylation is 2. The molecule has 0 aliphatic rings. The maximum Gasteiger partial charge on any atom is 0.264 e. The Morgan fingerprint density at radius 2 is 1.53 bits per heavy atom. The predicted molar refractivity (Wildman–Crippen MR) is 139 cm³/mol. The summed E-state index contributed by atoms with van der Waals surface area (Å²) in [5.74, 6) is 1.05. The molecule has 0 aliphatic carbocycles. The Bertz CT molecular complexity index is 1450. The molecular formula is C29H24N2O2S. The van der Waals surface area contributed by atoms with Crippen LogP contribution in [-0.2, 0) is 6.54 Å². The summed E-state index contributed by atoms with van der Waals surface area (Å²) in [7, 11) is 0. The number of fused-ring (bicyclic) bond motifs is 1. The van der Waals surface area contributed by atoms with Crippen LogP contribution in [0.15, 0.2) is 97.1 Å². The molecule has 5 heteroatoms. The molecule has 0 spiro atoms. The van der Waals surface area contributed by atoms with Gasteiger partial charge in [0.1, 0.15) is 11.5 Å². The van der Waals surface area contributed by atoms with Gasteiger partial charge >= 0.3 is 0 Å². The Labute approximate surface area is 203 Å². The fourth-order valence-corrected chi connectivity index (χ4v) is 4.84. The van der Waals surface area contributed by atoms with Crippen molar-refractivity contribution >= 4 is 32.6 Å². The Morgan fingerprint density at radius 1 is 0.853 bits per heavy atom. The van der Waals surface area contributed by atoms with E-state index in [0.717, 1.165) is 21.3 Å². The number of anilines is 1. The van der Waals surface area contributed by atoms with Crippen molar-refractivity contribution in [3.8, 4) is 11.5 Å². The monoisotopic (exact) mass is 464 g/mol. The van der Waals surface area contributed by atoms with E-state index in [9.17, 15) is 4.79 Å². The summed E-state index contributed by atoms with van der Waals surface area (Å²) in [6.07, 6.45) is 0. The van der Waals surface area contributed by atoms with E-state index in [-0.39, 0.29) is 5.91 Å². The van der Waals surface area contributed by atoms with Crippen molar-refractivity contribution in [2.75, 3.05) is 4.90 Å². The van der Waals surface area contributed by atoms with Crippen LogP contribution in [0.25, 0.3) is 10.2 Å². The lowest BCUT2D eigenvalue weighted by molar-refractivity contribution is 0.0983. The molecule has 1 amide bonds. The van der Waals surface area contributed by atoms with Crippen LogP contribution in [-0.4, -0.2) is 10.9 Å². The van der Waals surface area contributed by atoms with Crippen LogP contribution in [0.3, 0.4) is 0 Å². The maximum atomic E-state index is 14.0. The van der Waals surface area contributed by atoms with Gasteiger partial charge in [-0.05, 0) is 60.9 Å². The number of rotatable bonds is 6. The van der Waals surface area contributed by atoms with Crippen molar-refractivity contribution in [3.05, 3.63) is 119 Å². The number of carbonyl (C=O) groups excluding carboxylic acids is 1. The van der Waals surface area contributed by atoms with E-state index < -0.39 is 0 Å². The largest absolute Gasteiger partial charge is 0.457 e. The third kappa shape index (κ3) is 4.43. The number of nitrogens with zero attached hydrogens (tertiary/aromatic N) is 2. The molecule has 0 unspecified atom stereocenters. The number of hydrogen-bond donors (Lipinski definition) is 0. The smallest absolute Gasteiger partial charge is 0.264 e. The molecule has 0 aliphatic heterocycles. The second-order valence-corrected chi connectivity index (χ2v) is 9.15. The van der Waals surface area contributed by atoms with E-state index in [1.54, 1.807) is 11.0 Å². The lowest BCUT2D eigenvalue weighted by atomic mass is 10.1. The van der Waals surface area contributed by atoms with Crippen LogP contribution in [0.5, 0.6) is 11.5 Å². The number of hydrogen-bond acceptors (Lipinski definition) is 4. The molecule has 0 atom stereocenters. The number of carbonyl (C=O) groups is 1. The van der Waals surface area contributed by atoms with Crippen molar-refractivity contribution in [1.29, 1.82) is 0 Å². The minimum atomic E-state index is -0.149. The first-order valence-corrected chi connectivity index (χ1v) is 12.0. The van der Waals surface area contributed by atoms with E-state index in [1.807, 2.05) is 78.9 Å². The van der Waals surface area contributed by atoms with E-state index in [1.165, 1.54) is 16.9 Å². The highest BCUT2D eigenvalue weighted by atomic mass is 32.1. The Kier molecular flexibility index (Phi) is 6.11. The molecule has 5 aromatic rings. The Balaban J connectivity index is 1.58. The van der Waals surface area contributed by atoms with E-state index in [4.69, 9.17) is 9.72 Å². The van der Waals surface area contributed by atoms with Gasteiger partial charge in [-0.2, -0.15) is 0 Å². The number of aromatic nitrogens is 1. The molecule has 4 nitrogen and oxygen atoms in total. The minimum Gasteiger partial charge on any atom is -0.457 e. The van der Waals surface area contributed by atoms with Gasteiger partial charge in [-0.25, -0.2) is 4.98 Å². The highest BCUT2D eigenvalue weighted by Crippen LogP contribution is 2.35. The van der Waals surface area contributed by atoms with Crippen LogP contribution in [0.1, 0.15) is 27.0 Å². The number of para-hydroxylation sites is 2. The molecule has 34 heavy (non-hydrogen) atoms. The average molecular weight is 465 g/mol. The first kappa shape index (κ1) is 21.9. The Hall–Kier alpha value is -3.96. The second kappa shape index (κ2) is 9.49. The first-order valence-electron chi connectivity index (χ1n) is 11.1. The van der Waals surface area contributed by atoms with Gasteiger partial charge in [0.15, 0.2) is 5.13 Å². The summed E-state index contributed by atoms with van der Waals surface area (Å²) >= 11 is 1.53. The fraction of sp³-hybridized carbons (Fsp3) is 0.103. The van der Waals surface area contributed by atoms with Crippen molar-refractivity contribution < 1.29 is 9.53 Å². The number of benzene rings is 4. The molecule has 1 heterocycles. The van der Waals surface area contributed by atoms with E-state index in [2.05, 4.69) is 26.0 Å². The van der Waals surface area contributed by atoms with Gasteiger partial charge < -0.3 is 4.74 Å². The molecular weight excluding hydrogens is 440 g/mol. The van der Waals surface area contributed by atoms with Crippen molar-refractivity contribution in [2.24, 2.45) is 0 Å². The van der Waals surface area contributed by atoms with Gasteiger partial charge in [-0.3, -0.25) is 9.69 Å². The zero-order valence-corrected chi connectivity index (χ0v) is 19.9.